The molecule has 29 heavy (non-hydrogen) atoms. The van der Waals surface area contributed by atoms with Crippen molar-refractivity contribution >= 4 is 23.1 Å². The third kappa shape index (κ3) is 6.10. The SMILES string of the molecule is CCNC(=NCCc1nc2ccccc2[nH]1)N1CCC(NC(=O)OC(C)(C)C)C1. The minimum Gasteiger partial charge on any atom is -0.444 e. The van der Waals surface area contributed by atoms with Gasteiger partial charge in [0.05, 0.1) is 17.1 Å². The van der Waals surface area contributed by atoms with Gasteiger partial charge in [0.15, 0.2) is 5.96 Å². The number of amides is 1. The van der Waals surface area contributed by atoms with Crippen LogP contribution in [0.5, 0.6) is 0 Å². The van der Waals surface area contributed by atoms with Gasteiger partial charge >= 0.3 is 6.09 Å². The molecule has 0 saturated carbocycles. The van der Waals surface area contributed by atoms with E-state index < -0.39 is 5.60 Å². The highest BCUT2D eigenvalue weighted by Gasteiger charge is 2.27. The van der Waals surface area contributed by atoms with Crippen molar-refractivity contribution in [3.05, 3.63) is 30.1 Å². The fraction of sp³-hybridized carbons (Fsp3) is 0.571. The number of likely N-dealkylation sites (tertiary alicyclic amines) is 1. The first-order chi connectivity index (χ1) is 13.8. The van der Waals surface area contributed by atoms with E-state index in [1.807, 2.05) is 45.0 Å². The number of aromatic nitrogens is 2. The van der Waals surface area contributed by atoms with Crippen LogP contribution in [0, 0.1) is 0 Å². The molecule has 0 radical (unpaired) electrons. The smallest absolute Gasteiger partial charge is 0.407 e. The molecule has 1 aromatic heterocycles. The molecular formula is C21H32N6O2. The van der Waals surface area contributed by atoms with Crippen molar-refractivity contribution in [2.75, 3.05) is 26.2 Å². The summed E-state index contributed by atoms with van der Waals surface area (Å²) >= 11 is 0. The molecule has 1 unspecified atom stereocenters. The molecule has 1 aliphatic rings. The fourth-order valence-electron chi connectivity index (χ4n) is 3.36. The summed E-state index contributed by atoms with van der Waals surface area (Å²) < 4.78 is 5.36. The van der Waals surface area contributed by atoms with Crippen LogP contribution in [0.2, 0.25) is 0 Å². The van der Waals surface area contributed by atoms with Crippen LogP contribution in [0.3, 0.4) is 0 Å². The highest BCUT2D eigenvalue weighted by molar-refractivity contribution is 5.80. The molecule has 1 fully saturated rings. The number of fused-ring (bicyclic) bond motifs is 1. The van der Waals surface area contributed by atoms with Gasteiger partial charge in [-0.15, -0.1) is 0 Å². The van der Waals surface area contributed by atoms with Crippen molar-refractivity contribution in [2.24, 2.45) is 4.99 Å². The van der Waals surface area contributed by atoms with E-state index >= 15 is 0 Å². The van der Waals surface area contributed by atoms with E-state index in [1.165, 1.54) is 0 Å². The summed E-state index contributed by atoms with van der Waals surface area (Å²) in [5, 5.41) is 6.31. The summed E-state index contributed by atoms with van der Waals surface area (Å²) in [5.74, 6) is 1.81. The van der Waals surface area contributed by atoms with Gasteiger partial charge in [-0.1, -0.05) is 12.1 Å². The van der Waals surface area contributed by atoms with E-state index in [0.29, 0.717) is 6.54 Å². The van der Waals surface area contributed by atoms with E-state index in [4.69, 9.17) is 9.73 Å². The Morgan fingerprint density at radius 2 is 2.17 bits per heavy atom. The average Bonchev–Trinajstić information content (AvgIpc) is 3.25. The number of rotatable bonds is 5. The predicted octanol–water partition coefficient (Wildman–Crippen LogP) is 2.67. The van der Waals surface area contributed by atoms with E-state index in [1.54, 1.807) is 0 Å². The summed E-state index contributed by atoms with van der Waals surface area (Å²) in [6.07, 6.45) is 1.25. The number of nitrogens with one attached hydrogen (secondary N) is 3. The maximum absolute atomic E-state index is 12.0. The highest BCUT2D eigenvalue weighted by Crippen LogP contribution is 2.13. The van der Waals surface area contributed by atoms with E-state index in [2.05, 4.69) is 32.4 Å². The van der Waals surface area contributed by atoms with Gasteiger partial charge in [0, 0.05) is 32.6 Å². The number of carbonyl (C=O) groups excluding carboxylic acids is 1. The van der Waals surface area contributed by atoms with Crippen LogP contribution in [-0.2, 0) is 11.2 Å². The van der Waals surface area contributed by atoms with E-state index in [0.717, 1.165) is 55.3 Å². The second-order valence-electron chi connectivity index (χ2n) is 8.26. The minimum atomic E-state index is -0.491. The molecule has 8 heteroatoms. The van der Waals surface area contributed by atoms with Crippen molar-refractivity contribution in [1.29, 1.82) is 0 Å². The van der Waals surface area contributed by atoms with Crippen molar-refractivity contribution in [3.63, 3.8) is 0 Å². The second-order valence-corrected chi connectivity index (χ2v) is 8.26. The maximum Gasteiger partial charge on any atom is 0.407 e. The molecule has 1 saturated heterocycles. The number of hydrogen-bond acceptors (Lipinski definition) is 4. The standard InChI is InChI=1S/C21H32N6O2/c1-5-22-19(23-12-10-18-25-16-8-6-7-9-17(16)26-18)27-13-11-15(14-27)24-20(28)29-21(2,3)4/h6-9,15H,5,10-14H2,1-4H3,(H,22,23)(H,24,28)(H,25,26). The van der Waals surface area contributed by atoms with E-state index in [9.17, 15) is 4.79 Å². The van der Waals surface area contributed by atoms with E-state index in [-0.39, 0.29) is 12.1 Å². The van der Waals surface area contributed by atoms with Gasteiger partial charge in [-0.3, -0.25) is 4.99 Å². The van der Waals surface area contributed by atoms with Gasteiger partial charge in [-0.2, -0.15) is 0 Å². The third-order valence-corrected chi connectivity index (χ3v) is 4.59. The molecule has 158 valence electrons. The summed E-state index contributed by atoms with van der Waals surface area (Å²) in [7, 11) is 0. The number of aliphatic imine (C=N–C) groups is 1. The molecule has 3 N–H and O–H groups in total. The molecule has 0 aliphatic carbocycles. The van der Waals surface area contributed by atoms with Gasteiger partial charge in [-0.05, 0) is 46.2 Å². The average molecular weight is 401 g/mol. The summed E-state index contributed by atoms with van der Waals surface area (Å²) in [6, 6.07) is 8.08. The quantitative estimate of drug-likeness (QED) is 0.530. The normalized spacial score (nSPS) is 17.6. The monoisotopic (exact) mass is 400 g/mol. The molecule has 0 bridgehead atoms. The Labute approximate surface area is 172 Å². The number of nitrogens with zero attached hydrogens (tertiary/aromatic N) is 3. The lowest BCUT2D eigenvalue weighted by Crippen LogP contribution is -2.44. The van der Waals surface area contributed by atoms with Crippen LogP contribution in [-0.4, -0.2) is 64.7 Å². The zero-order valence-corrected chi connectivity index (χ0v) is 17.8. The highest BCUT2D eigenvalue weighted by atomic mass is 16.6. The number of ether oxygens (including phenoxy) is 1. The molecular weight excluding hydrogens is 368 g/mol. The molecule has 2 aromatic rings. The summed E-state index contributed by atoms with van der Waals surface area (Å²) in [4.78, 5) is 26.9. The van der Waals surface area contributed by atoms with Crippen molar-refractivity contribution in [1.82, 2.24) is 25.5 Å². The van der Waals surface area contributed by atoms with Crippen LogP contribution in [0.15, 0.2) is 29.3 Å². The Morgan fingerprint density at radius 1 is 1.38 bits per heavy atom. The molecule has 1 amide bonds. The zero-order valence-electron chi connectivity index (χ0n) is 17.8. The molecule has 2 heterocycles. The number of aromatic amines is 1. The number of guanidine groups is 1. The Kier molecular flexibility index (Phi) is 6.61. The first-order valence-electron chi connectivity index (χ1n) is 10.3. The third-order valence-electron chi connectivity index (χ3n) is 4.59. The lowest BCUT2D eigenvalue weighted by molar-refractivity contribution is 0.0507. The molecule has 3 rings (SSSR count). The van der Waals surface area contributed by atoms with Crippen LogP contribution in [0.4, 0.5) is 4.79 Å². The number of imidazole rings is 1. The first-order valence-corrected chi connectivity index (χ1v) is 10.3. The Balaban J connectivity index is 1.54. The summed E-state index contributed by atoms with van der Waals surface area (Å²) in [5.41, 5.74) is 1.54. The van der Waals surface area contributed by atoms with Crippen molar-refractivity contribution < 1.29 is 9.53 Å². The number of hydrogen-bond donors (Lipinski definition) is 3. The Hall–Kier alpha value is -2.77. The fourth-order valence-corrected chi connectivity index (χ4v) is 3.36. The zero-order chi connectivity index (χ0) is 20.9. The first kappa shape index (κ1) is 21.0. The number of carbonyl (C=O) groups is 1. The van der Waals surface area contributed by atoms with Gasteiger partial charge in [0.2, 0.25) is 0 Å². The number of H-pyrrole nitrogens is 1. The van der Waals surface area contributed by atoms with Crippen molar-refractivity contribution in [2.45, 2.75) is 52.2 Å². The van der Waals surface area contributed by atoms with Crippen molar-refractivity contribution in [3.8, 4) is 0 Å². The van der Waals surface area contributed by atoms with Gasteiger partial charge in [-0.25, -0.2) is 9.78 Å². The van der Waals surface area contributed by atoms with Crippen LogP contribution >= 0.6 is 0 Å². The molecule has 0 spiro atoms. The number of para-hydroxylation sites is 2. The maximum atomic E-state index is 12.0. The Morgan fingerprint density at radius 3 is 2.90 bits per heavy atom. The number of alkyl carbamates (subject to hydrolysis) is 1. The predicted molar refractivity (Wildman–Crippen MR) is 115 cm³/mol. The minimum absolute atomic E-state index is 0.0593. The lowest BCUT2D eigenvalue weighted by atomic mass is 10.2. The molecule has 1 aromatic carbocycles. The van der Waals surface area contributed by atoms with Gasteiger partial charge in [0.25, 0.3) is 0 Å². The van der Waals surface area contributed by atoms with Crippen LogP contribution in [0.25, 0.3) is 11.0 Å². The van der Waals surface area contributed by atoms with Gasteiger partial charge < -0.3 is 25.3 Å². The van der Waals surface area contributed by atoms with Crippen LogP contribution in [0.1, 0.15) is 39.9 Å². The largest absolute Gasteiger partial charge is 0.444 e. The molecule has 8 nitrogen and oxygen atoms in total. The van der Waals surface area contributed by atoms with Crippen LogP contribution < -0.4 is 10.6 Å². The summed E-state index contributed by atoms with van der Waals surface area (Å²) in [6.45, 7) is 10.7. The molecule has 1 aliphatic heterocycles. The topological polar surface area (TPSA) is 94.6 Å². The molecule has 1 atom stereocenters. The second kappa shape index (κ2) is 9.15. The Bertz CT molecular complexity index is 821. The van der Waals surface area contributed by atoms with Gasteiger partial charge in [0.1, 0.15) is 11.4 Å². The lowest BCUT2D eigenvalue weighted by Gasteiger charge is -2.23. The number of benzene rings is 1.